The Hall–Kier alpha value is -1.97. The molecule has 0 fully saturated rings. The lowest BCUT2D eigenvalue weighted by atomic mass is 10.2. The molecule has 0 aliphatic carbocycles. The number of hydrogen-bond donors (Lipinski definition) is 1. The first-order valence-corrected chi connectivity index (χ1v) is 5.72. The summed E-state index contributed by atoms with van der Waals surface area (Å²) in [6.45, 7) is 6.93. The Kier molecular flexibility index (Phi) is 3.32. The van der Waals surface area contributed by atoms with Crippen molar-refractivity contribution in [2.45, 2.75) is 20.8 Å². The van der Waals surface area contributed by atoms with Crippen molar-refractivity contribution >= 4 is 5.82 Å². The van der Waals surface area contributed by atoms with Gasteiger partial charge in [0.05, 0.1) is 0 Å². The fourth-order valence-corrected chi connectivity index (χ4v) is 1.59. The van der Waals surface area contributed by atoms with E-state index in [2.05, 4.69) is 27.2 Å². The van der Waals surface area contributed by atoms with E-state index >= 15 is 0 Å². The molecule has 1 N–H and O–H groups in total. The maximum absolute atomic E-state index is 4.53. The van der Waals surface area contributed by atoms with Gasteiger partial charge < -0.3 is 5.32 Å². The second kappa shape index (κ2) is 4.91. The van der Waals surface area contributed by atoms with Crippen LogP contribution in [0.4, 0.5) is 5.82 Å². The highest BCUT2D eigenvalue weighted by atomic mass is 15.0. The van der Waals surface area contributed by atoms with E-state index in [-0.39, 0.29) is 0 Å². The van der Waals surface area contributed by atoms with Crippen molar-refractivity contribution in [2.24, 2.45) is 0 Å². The minimum Gasteiger partial charge on any atom is -0.370 e. The zero-order chi connectivity index (χ0) is 12.3. The molecule has 0 radical (unpaired) electrons. The van der Waals surface area contributed by atoms with Gasteiger partial charge in [-0.15, -0.1) is 0 Å². The van der Waals surface area contributed by atoms with Gasteiger partial charge in [0.15, 0.2) is 5.82 Å². The Bertz CT molecular complexity index is 508. The minimum atomic E-state index is 0.720. The summed E-state index contributed by atoms with van der Waals surface area (Å²) in [6.07, 6.45) is 3.52. The predicted octanol–water partition coefficient (Wildman–Crippen LogP) is 2.59. The number of aryl methyl sites for hydroxylation is 1. The average molecular weight is 228 g/mol. The van der Waals surface area contributed by atoms with Gasteiger partial charge in [0.1, 0.15) is 5.82 Å². The summed E-state index contributed by atoms with van der Waals surface area (Å²) in [6, 6.07) is 3.85. The number of pyridine rings is 1. The molecule has 0 spiro atoms. The minimum absolute atomic E-state index is 0.720. The molecule has 2 aromatic heterocycles. The van der Waals surface area contributed by atoms with Crippen LogP contribution in [0.3, 0.4) is 0 Å². The Morgan fingerprint density at radius 2 is 2.06 bits per heavy atom. The highest BCUT2D eigenvalue weighted by molar-refractivity contribution is 5.58. The average Bonchev–Trinajstić information content (AvgIpc) is 2.36. The number of anilines is 1. The van der Waals surface area contributed by atoms with E-state index in [0.29, 0.717) is 0 Å². The number of nitrogens with one attached hydrogen (secondary N) is 1. The van der Waals surface area contributed by atoms with E-state index in [4.69, 9.17) is 0 Å². The van der Waals surface area contributed by atoms with Gasteiger partial charge in [-0.05, 0) is 32.9 Å². The van der Waals surface area contributed by atoms with Crippen molar-refractivity contribution < 1.29 is 0 Å². The Balaban J connectivity index is 2.49. The molecule has 4 nitrogen and oxygen atoms in total. The molecule has 2 rings (SSSR count). The third kappa shape index (κ3) is 2.41. The van der Waals surface area contributed by atoms with Crippen molar-refractivity contribution in [1.29, 1.82) is 0 Å². The Labute approximate surface area is 101 Å². The fraction of sp³-hybridized carbons (Fsp3) is 0.308. The van der Waals surface area contributed by atoms with Crippen LogP contribution in [0.15, 0.2) is 24.5 Å². The molecule has 88 valence electrons. The quantitative estimate of drug-likeness (QED) is 0.877. The molecule has 4 heteroatoms. The maximum Gasteiger partial charge on any atom is 0.163 e. The van der Waals surface area contributed by atoms with Gasteiger partial charge in [0.25, 0.3) is 0 Å². The highest BCUT2D eigenvalue weighted by Gasteiger charge is 2.08. The molecule has 0 atom stereocenters. The van der Waals surface area contributed by atoms with Gasteiger partial charge in [0, 0.05) is 35.8 Å². The zero-order valence-corrected chi connectivity index (χ0v) is 10.4. The van der Waals surface area contributed by atoms with Gasteiger partial charge in [-0.1, -0.05) is 0 Å². The topological polar surface area (TPSA) is 50.7 Å². The second-order valence-corrected chi connectivity index (χ2v) is 3.88. The molecule has 17 heavy (non-hydrogen) atoms. The van der Waals surface area contributed by atoms with E-state index < -0.39 is 0 Å². The van der Waals surface area contributed by atoms with E-state index in [9.17, 15) is 0 Å². The van der Waals surface area contributed by atoms with Crippen LogP contribution >= 0.6 is 0 Å². The SMILES string of the molecule is CCNc1nc(-c2cccnc2)nc(C)c1C. The van der Waals surface area contributed by atoms with Crippen molar-refractivity contribution in [1.82, 2.24) is 15.0 Å². The van der Waals surface area contributed by atoms with Crippen molar-refractivity contribution in [2.75, 3.05) is 11.9 Å². The Morgan fingerprint density at radius 1 is 1.24 bits per heavy atom. The van der Waals surface area contributed by atoms with Crippen molar-refractivity contribution in [3.63, 3.8) is 0 Å². The predicted molar refractivity (Wildman–Crippen MR) is 68.9 cm³/mol. The summed E-state index contributed by atoms with van der Waals surface area (Å²) in [5, 5.41) is 3.26. The van der Waals surface area contributed by atoms with Gasteiger partial charge in [0.2, 0.25) is 0 Å². The molecule has 0 aromatic carbocycles. The van der Waals surface area contributed by atoms with Crippen LogP contribution < -0.4 is 5.32 Å². The number of hydrogen-bond acceptors (Lipinski definition) is 4. The van der Waals surface area contributed by atoms with Crippen molar-refractivity contribution in [3.8, 4) is 11.4 Å². The lowest BCUT2D eigenvalue weighted by Gasteiger charge is -2.10. The van der Waals surface area contributed by atoms with Crippen LogP contribution in [-0.2, 0) is 0 Å². The third-order valence-electron chi connectivity index (χ3n) is 2.65. The molecule has 0 aliphatic rings. The zero-order valence-electron chi connectivity index (χ0n) is 10.4. The smallest absolute Gasteiger partial charge is 0.163 e. The van der Waals surface area contributed by atoms with Crippen LogP contribution in [0, 0.1) is 13.8 Å². The lowest BCUT2D eigenvalue weighted by molar-refractivity contribution is 1.04. The summed E-state index contributed by atoms with van der Waals surface area (Å²) in [5.41, 5.74) is 3.03. The summed E-state index contributed by atoms with van der Waals surface area (Å²) in [4.78, 5) is 13.1. The maximum atomic E-state index is 4.53. The first-order chi connectivity index (χ1) is 8.22. The number of aromatic nitrogens is 3. The summed E-state index contributed by atoms with van der Waals surface area (Å²) in [7, 11) is 0. The number of rotatable bonds is 3. The van der Waals surface area contributed by atoms with E-state index in [1.165, 1.54) is 0 Å². The first kappa shape index (κ1) is 11.5. The molecule has 0 saturated carbocycles. The van der Waals surface area contributed by atoms with E-state index in [0.717, 1.165) is 35.0 Å². The van der Waals surface area contributed by atoms with Crippen molar-refractivity contribution in [3.05, 3.63) is 35.8 Å². The molecule has 0 saturated heterocycles. The molecule has 0 amide bonds. The van der Waals surface area contributed by atoms with Crippen LogP contribution in [0.5, 0.6) is 0 Å². The standard InChI is InChI=1S/C13H16N4/c1-4-15-12-9(2)10(3)16-13(17-12)11-6-5-7-14-8-11/h5-8H,4H2,1-3H3,(H,15,16,17). The molecule has 0 unspecified atom stereocenters. The molecule has 2 heterocycles. The monoisotopic (exact) mass is 228 g/mol. The fourth-order valence-electron chi connectivity index (χ4n) is 1.59. The van der Waals surface area contributed by atoms with Gasteiger partial charge >= 0.3 is 0 Å². The highest BCUT2D eigenvalue weighted by Crippen LogP contribution is 2.20. The van der Waals surface area contributed by atoms with Crippen LogP contribution in [-0.4, -0.2) is 21.5 Å². The summed E-state index contributed by atoms with van der Waals surface area (Å²) >= 11 is 0. The van der Waals surface area contributed by atoms with Gasteiger partial charge in [-0.25, -0.2) is 9.97 Å². The van der Waals surface area contributed by atoms with Crippen LogP contribution in [0.25, 0.3) is 11.4 Å². The van der Waals surface area contributed by atoms with Gasteiger partial charge in [-0.2, -0.15) is 0 Å². The van der Waals surface area contributed by atoms with E-state index in [1.54, 1.807) is 12.4 Å². The molecule has 2 aromatic rings. The molecule has 0 bridgehead atoms. The largest absolute Gasteiger partial charge is 0.370 e. The van der Waals surface area contributed by atoms with Crippen LogP contribution in [0.1, 0.15) is 18.2 Å². The lowest BCUT2D eigenvalue weighted by Crippen LogP contribution is -2.06. The van der Waals surface area contributed by atoms with Gasteiger partial charge in [-0.3, -0.25) is 4.98 Å². The molecular weight excluding hydrogens is 212 g/mol. The molecule has 0 aliphatic heterocycles. The second-order valence-electron chi connectivity index (χ2n) is 3.88. The molecular formula is C13H16N4. The van der Waals surface area contributed by atoms with E-state index in [1.807, 2.05) is 26.0 Å². The summed E-state index contributed by atoms with van der Waals surface area (Å²) in [5.74, 6) is 1.62. The normalized spacial score (nSPS) is 10.3. The number of nitrogens with zero attached hydrogens (tertiary/aromatic N) is 3. The summed E-state index contributed by atoms with van der Waals surface area (Å²) < 4.78 is 0. The first-order valence-electron chi connectivity index (χ1n) is 5.72. The third-order valence-corrected chi connectivity index (χ3v) is 2.65. The van der Waals surface area contributed by atoms with Crippen LogP contribution in [0.2, 0.25) is 0 Å². The Morgan fingerprint density at radius 3 is 2.71 bits per heavy atom.